The Morgan fingerprint density at radius 2 is 1.84 bits per heavy atom. The number of ether oxygens (including phenoxy) is 1. The summed E-state index contributed by atoms with van der Waals surface area (Å²) in [5.41, 5.74) is -0.492. The first-order valence-corrected chi connectivity index (χ1v) is 5.35. The minimum atomic E-state index is -5.75. The number of nitro groups is 1. The van der Waals surface area contributed by atoms with E-state index in [1.54, 1.807) is 0 Å². The highest BCUT2D eigenvalue weighted by atomic mass is 79.9. The monoisotopic (exact) mass is 349 g/mol. The molecule has 0 saturated heterocycles. The quantitative estimate of drug-likeness (QED) is 0.470. The summed E-state index contributed by atoms with van der Waals surface area (Å²) in [5, 5.41) is 10.4. The summed E-state index contributed by atoms with van der Waals surface area (Å²) >= 11 is 2.82. The fraction of sp³-hybridized carbons (Fsp3) is 0.333. The number of hydrogen-bond donors (Lipinski definition) is 0. The fourth-order valence-corrected chi connectivity index (χ4v) is 1.33. The van der Waals surface area contributed by atoms with Crippen molar-refractivity contribution >= 4 is 21.6 Å². The van der Waals surface area contributed by atoms with Crippen molar-refractivity contribution in [1.29, 1.82) is 0 Å². The lowest BCUT2D eigenvalue weighted by Gasteiger charge is -2.20. The smallest absolute Gasteiger partial charge is 0.456 e. The van der Waals surface area contributed by atoms with Crippen LogP contribution in [0.4, 0.5) is 27.6 Å². The molecule has 0 unspecified atom stereocenters. The first-order chi connectivity index (χ1) is 8.54. The van der Waals surface area contributed by atoms with Gasteiger partial charge in [0.2, 0.25) is 0 Å². The average Bonchev–Trinajstić information content (AvgIpc) is 2.26. The first-order valence-electron chi connectivity index (χ1n) is 4.56. The Balaban J connectivity index is 2.89. The van der Waals surface area contributed by atoms with Crippen molar-refractivity contribution in [2.24, 2.45) is 0 Å². The second-order valence-electron chi connectivity index (χ2n) is 3.36. The third-order valence-corrected chi connectivity index (χ3v) is 2.60. The Morgan fingerprint density at radius 3 is 2.32 bits per heavy atom. The van der Waals surface area contributed by atoms with E-state index in [1.165, 1.54) is 0 Å². The van der Waals surface area contributed by atoms with Gasteiger partial charge in [-0.15, -0.1) is 0 Å². The van der Waals surface area contributed by atoms with Crippen LogP contribution in [0.3, 0.4) is 0 Å². The van der Waals surface area contributed by atoms with Crippen molar-refractivity contribution in [2.45, 2.75) is 12.1 Å². The molecule has 1 rings (SSSR count). The van der Waals surface area contributed by atoms with Gasteiger partial charge in [-0.05, 0) is 22.0 Å². The van der Waals surface area contributed by atoms with Crippen LogP contribution in [0.2, 0.25) is 0 Å². The number of nitrogens with zero attached hydrogens (tertiary/aromatic N) is 1. The van der Waals surface area contributed by atoms with Crippen molar-refractivity contribution < 1.29 is 31.6 Å². The molecule has 0 atom stereocenters. The molecule has 0 aliphatic heterocycles. The molecular weight excluding hydrogens is 345 g/mol. The number of rotatable bonds is 4. The van der Waals surface area contributed by atoms with Gasteiger partial charge in [0.25, 0.3) is 5.69 Å². The molecule has 0 heterocycles. The number of alkyl halides is 5. The van der Waals surface area contributed by atoms with E-state index < -0.39 is 35.1 Å². The lowest BCUT2D eigenvalue weighted by molar-refractivity contribution is -0.385. The molecule has 1 aromatic rings. The van der Waals surface area contributed by atoms with Gasteiger partial charge in [0.05, 0.1) is 15.5 Å². The molecule has 10 heteroatoms. The predicted octanol–water partition coefficient (Wildman–Crippen LogP) is 3.93. The van der Waals surface area contributed by atoms with Crippen LogP contribution in [0.5, 0.6) is 5.75 Å². The molecule has 0 bridgehead atoms. The Morgan fingerprint density at radius 1 is 1.26 bits per heavy atom. The fourth-order valence-electron chi connectivity index (χ4n) is 0.966. The van der Waals surface area contributed by atoms with Crippen LogP contribution >= 0.6 is 15.9 Å². The van der Waals surface area contributed by atoms with Gasteiger partial charge in [0.15, 0.2) is 6.61 Å². The normalized spacial score (nSPS) is 12.3. The van der Waals surface area contributed by atoms with Gasteiger partial charge in [0, 0.05) is 6.07 Å². The van der Waals surface area contributed by atoms with Crippen molar-refractivity contribution in [3.8, 4) is 5.75 Å². The molecule has 4 nitrogen and oxygen atoms in total. The maximum atomic E-state index is 12.6. The molecule has 1 aromatic carbocycles. The van der Waals surface area contributed by atoms with E-state index in [-0.39, 0.29) is 4.47 Å². The molecule has 0 radical (unpaired) electrons. The van der Waals surface area contributed by atoms with E-state index in [9.17, 15) is 32.1 Å². The van der Waals surface area contributed by atoms with Crippen molar-refractivity contribution in [3.05, 3.63) is 32.8 Å². The molecule has 0 amide bonds. The van der Waals surface area contributed by atoms with Gasteiger partial charge in [0.1, 0.15) is 5.75 Å². The van der Waals surface area contributed by atoms with E-state index in [1.807, 2.05) is 0 Å². The van der Waals surface area contributed by atoms with Gasteiger partial charge in [-0.1, -0.05) is 0 Å². The maximum absolute atomic E-state index is 12.6. The molecular formula is C9H5BrF5NO3. The molecule has 0 spiro atoms. The standard InChI is InChI=1S/C9H5BrF5NO3/c10-6-2-1-5(16(17)18)3-7(6)19-4-8(11,12)9(13,14)15/h1-3H,4H2. The van der Waals surface area contributed by atoms with E-state index in [0.29, 0.717) is 0 Å². The lowest BCUT2D eigenvalue weighted by Crippen LogP contribution is -2.41. The SMILES string of the molecule is O=[N+]([O-])c1ccc(Br)c(OCC(F)(F)C(F)(F)F)c1. The molecule has 19 heavy (non-hydrogen) atoms. The van der Waals surface area contributed by atoms with Crippen LogP contribution in [0, 0.1) is 10.1 Å². The number of hydrogen-bond acceptors (Lipinski definition) is 3. The largest absolute Gasteiger partial charge is 0.485 e. The average molecular weight is 350 g/mol. The number of nitro benzene ring substituents is 1. The zero-order valence-corrected chi connectivity index (χ0v) is 10.5. The molecule has 0 fully saturated rings. The summed E-state index contributed by atoms with van der Waals surface area (Å²) in [6.07, 6.45) is -5.75. The van der Waals surface area contributed by atoms with E-state index in [2.05, 4.69) is 20.7 Å². The zero-order chi connectivity index (χ0) is 14.8. The molecule has 0 aliphatic carbocycles. The predicted molar refractivity (Wildman–Crippen MR) is 57.3 cm³/mol. The number of halogens is 6. The highest BCUT2D eigenvalue weighted by Gasteiger charge is 2.58. The Bertz CT molecular complexity index is 491. The van der Waals surface area contributed by atoms with Gasteiger partial charge in [-0.25, -0.2) is 0 Å². The van der Waals surface area contributed by atoms with Crippen molar-refractivity contribution in [1.82, 2.24) is 0 Å². The van der Waals surface area contributed by atoms with Crippen LogP contribution in [-0.4, -0.2) is 23.6 Å². The van der Waals surface area contributed by atoms with Gasteiger partial charge in [-0.2, -0.15) is 22.0 Å². The van der Waals surface area contributed by atoms with E-state index in [4.69, 9.17) is 0 Å². The summed E-state index contributed by atoms with van der Waals surface area (Å²) in [6.45, 7) is -1.96. The lowest BCUT2D eigenvalue weighted by atomic mass is 10.3. The highest BCUT2D eigenvalue weighted by Crippen LogP contribution is 2.37. The van der Waals surface area contributed by atoms with E-state index in [0.717, 1.165) is 18.2 Å². The van der Waals surface area contributed by atoms with Crippen LogP contribution in [0.1, 0.15) is 0 Å². The molecule has 0 N–H and O–H groups in total. The van der Waals surface area contributed by atoms with Crippen LogP contribution in [0.25, 0.3) is 0 Å². The van der Waals surface area contributed by atoms with Crippen molar-refractivity contribution in [2.75, 3.05) is 6.61 Å². The maximum Gasteiger partial charge on any atom is 0.456 e. The Labute approximate surface area is 111 Å². The van der Waals surface area contributed by atoms with Crippen LogP contribution < -0.4 is 4.74 Å². The van der Waals surface area contributed by atoms with Gasteiger partial charge >= 0.3 is 12.1 Å². The minimum absolute atomic E-state index is 0.0241. The first kappa shape index (κ1) is 15.6. The second kappa shape index (κ2) is 5.27. The summed E-state index contributed by atoms with van der Waals surface area (Å²) in [6, 6.07) is 2.90. The van der Waals surface area contributed by atoms with Crippen molar-refractivity contribution in [3.63, 3.8) is 0 Å². The number of non-ortho nitro benzene ring substituents is 1. The summed E-state index contributed by atoms with van der Waals surface area (Å²) in [5.74, 6) is -5.52. The molecule has 0 aromatic heterocycles. The summed E-state index contributed by atoms with van der Waals surface area (Å²) < 4.78 is 65.2. The molecule has 106 valence electrons. The number of benzene rings is 1. The third kappa shape index (κ3) is 3.75. The van der Waals surface area contributed by atoms with Crippen LogP contribution in [0.15, 0.2) is 22.7 Å². The zero-order valence-electron chi connectivity index (χ0n) is 8.88. The van der Waals surface area contributed by atoms with Gasteiger partial charge in [-0.3, -0.25) is 10.1 Å². The minimum Gasteiger partial charge on any atom is -0.485 e. The third-order valence-electron chi connectivity index (χ3n) is 1.95. The summed E-state index contributed by atoms with van der Waals surface area (Å²) in [4.78, 5) is 9.60. The van der Waals surface area contributed by atoms with Crippen LogP contribution in [-0.2, 0) is 0 Å². The highest BCUT2D eigenvalue weighted by molar-refractivity contribution is 9.10. The molecule has 0 aliphatic rings. The Hall–Kier alpha value is -1.45. The topological polar surface area (TPSA) is 52.4 Å². The van der Waals surface area contributed by atoms with E-state index >= 15 is 0 Å². The van der Waals surface area contributed by atoms with Gasteiger partial charge < -0.3 is 4.74 Å². The molecule has 0 saturated carbocycles. The second-order valence-corrected chi connectivity index (χ2v) is 4.22. The Kier molecular flexibility index (Phi) is 4.33. The summed E-state index contributed by atoms with van der Waals surface area (Å²) in [7, 11) is 0.